The SMILES string of the molecule is Cc1ccc(Cl)c(Nc2nc3cc(C(=O)N[C@H]4CC[C@H](C(F)(F)F)CC4)c(F)cc3[nH]2)c1F. The van der Waals surface area contributed by atoms with E-state index in [1.165, 1.54) is 18.2 Å². The van der Waals surface area contributed by atoms with Crippen LogP contribution in [-0.4, -0.2) is 28.1 Å². The second-order valence-electron chi connectivity index (χ2n) is 8.18. The van der Waals surface area contributed by atoms with Crippen molar-refractivity contribution in [3.05, 3.63) is 52.0 Å². The highest BCUT2D eigenvalue weighted by atomic mass is 35.5. The molecule has 0 saturated heterocycles. The Morgan fingerprint density at radius 1 is 1.15 bits per heavy atom. The number of benzene rings is 2. The first-order valence-electron chi connectivity index (χ1n) is 10.3. The molecule has 0 unspecified atom stereocenters. The van der Waals surface area contributed by atoms with E-state index in [1.54, 1.807) is 6.92 Å². The highest BCUT2D eigenvalue weighted by molar-refractivity contribution is 6.33. The van der Waals surface area contributed by atoms with Crippen LogP contribution in [0.4, 0.5) is 33.6 Å². The Labute approximate surface area is 190 Å². The second-order valence-corrected chi connectivity index (χ2v) is 8.58. The van der Waals surface area contributed by atoms with E-state index in [4.69, 9.17) is 11.6 Å². The molecule has 5 nitrogen and oxygen atoms in total. The second kappa shape index (κ2) is 8.81. The first kappa shape index (κ1) is 23.3. The van der Waals surface area contributed by atoms with Crippen LogP contribution in [0.1, 0.15) is 41.6 Å². The largest absolute Gasteiger partial charge is 0.391 e. The van der Waals surface area contributed by atoms with Crippen molar-refractivity contribution in [2.24, 2.45) is 5.92 Å². The first-order chi connectivity index (χ1) is 15.5. The molecule has 33 heavy (non-hydrogen) atoms. The molecule has 0 aliphatic heterocycles. The minimum absolute atomic E-state index is 0.00335. The summed E-state index contributed by atoms with van der Waals surface area (Å²) in [6.07, 6.45) is -4.08. The normalized spacial score (nSPS) is 19.0. The number of fused-ring (bicyclic) bond motifs is 1. The van der Waals surface area contributed by atoms with E-state index in [2.05, 4.69) is 20.6 Å². The molecule has 4 rings (SSSR count). The number of nitrogens with zero attached hydrogens (tertiary/aromatic N) is 1. The average Bonchev–Trinajstić information content (AvgIpc) is 3.14. The molecule has 2 aromatic carbocycles. The van der Waals surface area contributed by atoms with Gasteiger partial charge in [-0.2, -0.15) is 13.2 Å². The molecule has 3 N–H and O–H groups in total. The minimum atomic E-state index is -4.25. The summed E-state index contributed by atoms with van der Waals surface area (Å²) in [5, 5.41) is 5.48. The lowest BCUT2D eigenvalue weighted by Crippen LogP contribution is -2.40. The molecule has 1 aromatic heterocycles. The lowest BCUT2D eigenvalue weighted by molar-refractivity contribution is -0.182. The molecule has 0 bridgehead atoms. The Morgan fingerprint density at radius 3 is 2.52 bits per heavy atom. The number of H-pyrrole nitrogens is 1. The van der Waals surface area contributed by atoms with Gasteiger partial charge in [-0.05, 0) is 50.3 Å². The number of aryl methyl sites for hydroxylation is 1. The molecule has 1 aliphatic rings. The number of carbonyl (C=O) groups excluding carboxylic acids is 1. The number of amides is 1. The summed E-state index contributed by atoms with van der Waals surface area (Å²) in [6.45, 7) is 1.57. The Morgan fingerprint density at radius 2 is 1.85 bits per heavy atom. The Kier molecular flexibility index (Phi) is 6.22. The Bertz CT molecular complexity index is 1200. The van der Waals surface area contributed by atoms with E-state index in [1.807, 2.05) is 0 Å². The molecule has 176 valence electrons. The van der Waals surface area contributed by atoms with Crippen LogP contribution < -0.4 is 10.6 Å². The van der Waals surface area contributed by atoms with E-state index < -0.39 is 35.7 Å². The van der Waals surface area contributed by atoms with Crippen molar-refractivity contribution in [2.75, 3.05) is 5.32 Å². The fraction of sp³-hybridized carbons (Fsp3) is 0.364. The molecule has 1 fully saturated rings. The number of imidazole rings is 1. The van der Waals surface area contributed by atoms with Gasteiger partial charge in [0, 0.05) is 12.1 Å². The van der Waals surface area contributed by atoms with Crippen LogP contribution in [0, 0.1) is 24.5 Å². The van der Waals surface area contributed by atoms with Gasteiger partial charge in [-0.25, -0.2) is 13.8 Å². The van der Waals surface area contributed by atoms with Crippen LogP contribution in [-0.2, 0) is 0 Å². The molecular weight excluding hydrogens is 467 g/mol. The van der Waals surface area contributed by atoms with Crippen molar-refractivity contribution in [3.8, 4) is 0 Å². The van der Waals surface area contributed by atoms with Crippen molar-refractivity contribution in [2.45, 2.75) is 44.8 Å². The van der Waals surface area contributed by atoms with Gasteiger partial charge in [0.05, 0.1) is 33.2 Å². The molecule has 0 spiro atoms. The quantitative estimate of drug-likeness (QED) is 0.374. The van der Waals surface area contributed by atoms with Crippen LogP contribution in [0.3, 0.4) is 0 Å². The summed E-state index contributed by atoms with van der Waals surface area (Å²) < 4.78 is 67.4. The van der Waals surface area contributed by atoms with Crippen LogP contribution >= 0.6 is 11.6 Å². The maximum absolute atomic E-state index is 14.6. The average molecular weight is 487 g/mol. The van der Waals surface area contributed by atoms with Gasteiger partial charge in [0.15, 0.2) is 5.82 Å². The topological polar surface area (TPSA) is 69.8 Å². The highest BCUT2D eigenvalue weighted by Gasteiger charge is 2.41. The maximum atomic E-state index is 14.6. The molecule has 0 radical (unpaired) electrons. The summed E-state index contributed by atoms with van der Waals surface area (Å²) in [5.41, 5.74) is 0.601. The van der Waals surface area contributed by atoms with E-state index in [-0.39, 0.29) is 58.9 Å². The number of aromatic amines is 1. The predicted octanol–water partition coefficient (Wildman–Crippen LogP) is 6.40. The number of alkyl halides is 3. The van der Waals surface area contributed by atoms with Gasteiger partial charge in [-0.15, -0.1) is 0 Å². The number of halogens is 6. The lowest BCUT2D eigenvalue weighted by Gasteiger charge is -2.30. The van der Waals surface area contributed by atoms with Crippen LogP contribution in [0.15, 0.2) is 24.3 Å². The number of anilines is 2. The van der Waals surface area contributed by atoms with E-state index >= 15 is 0 Å². The van der Waals surface area contributed by atoms with Gasteiger partial charge in [0.1, 0.15) is 5.82 Å². The van der Waals surface area contributed by atoms with E-state index in [0.717, 1.165) is 6.07 Å². The smallest absolute Gasteiger partial charge is 0.349 e. The molecular formula is C22H20ClF5N4O. The number of hydrogen-bond acceptors (Lipinski definition) is 3. The molecule has 1 aliphatic carbocycles. The summed E-state index contributed by atoms with van der Waals surface area (Å²) in [7, 11) is 0. The zero-order valence-corrected chi connectivity index (χ0v) is 18.2. The standard InChI is InChI=1S/C22H20ClF5N4O/c1-10-2-7-14(23)19(18(10)25)32-21-30-16-8-13(15(24)9-17(16)31-21)20(33)29-12-5-3-11(4-6-12)22(26,27)28/h2,7-9,11-12H,3-6H2,1H3,(H,29,33)(H2,30,31,32)/t11-,12-. The number of hydrogen-bond donors (Lipinski definition) is 3. The van der Waals surface area contributed by atoms with E-state index in [9.17, 15) is 26.7 Å². The molecule has 3 aromatic rings. The summed E-state index contributed by atoms with van der Waals surface area (Å²) >= 11 is 6.05. The van der Waals surface area contributed by atoms with Crippen LogP contribution in [0.5, 0.6) is 0 Å². The maximum Gasteiger partial charge on any atom is 0.391 e. The Hall–Kier alpha value is -2.88. The molecule has 1 saturated carbocycles. The first-order valence-corrected chi connectivity index (χ1v) is 10.7. The number of aromatic nitrogens is 2. The Balaban J connectivity index is 1.50. The summed E-state index contributed by atoms with van der Waals surface area (Å²) in [6, 6.07) is 4.90. The van der Waals surface area contributed by atoms with Crippen molar-refractivity contribution in [1.29, 1.82) is 0 Å². The van der Waals surface area contributed by atoms with Gasteiger partial charge in [0.25, 0.3) is 5.91 Å². The molecule has 0 atom stereocenters. The third-order valence-electron chi connectivity index (χ3n) is 5.87. The zero-order chi connectivity index (χ0) is 23.9. The third-order valence-corrected chi connectivity index (χ3v) is 6.18. The van der Waals surface area contributed by atoms with Gasteiger partial charge in [0.2, 0.25) is 5.95 Å². The monoisotopic (exact) mass is 486 g/mol. The predicted molar refractivity (Wildman–Crippen MR) is 115 cm³/mol. The third kappa shape index (κ3) is 4.90. The van der Waals surface area contributed by atoms with Crippen molar-refractivity contribution < 1.29 is 26.7 Å². The molecule has 1 amide bonds. The zero-order valence-electron chi connectivity index (χ0n) is 17.4. The van der Waals surface area contributed by atoms with Crippen molar-refractivity contribution in [3.63, 3.8) is 0 Å². The van der Waals surface area contributed by atoms with Crippen LogP contribution in [0.25, 0.3) is 11.0 Å². The molecule has 11 heteroatoms. The van der Waals surface area contributed by atoms with Gasteiger partial charge >= 0.3 is 6.18 Å². The van der Waals surface area contributed by atoms with E-state index in [0.29, 0.717) is 5.56 Å². The number of carbonyl (C=O) groups is 1. The number of nitrogens with one attached hydrogen (secondary N) is 3. The summed E-state index contributed by atoms with van der Waals surface area (Å²) in [4.78, 5) is 19.6. The van der Waals surface area contributed by atoms with Gasteiger partial charge < -0.3 is 15.6 Å². The fourth-order valence-corrected chi connectivity index (χ4v) is 4.17. The lowest BCUT2D eigenvalue weighted by atomic mass is 9.85. The van der Waals surface area contributed by atoms with Gasteiger partial charge in [-0.1, -0.05) is 17.7 Å². The van der Waals surface area contributed by atoms with Crippen molar-refractivity contribution in [1.82, 2.24) is 15.3 Å². The minimum Gasteiger partial charge on any atom is -0.349 e. The van der Waals surface area contributed by atoms with Gasteiger partial charge in [-0.3, -0.25) is 4.79 Å². The van der Waals surface area contributed by atoms with Crippen LogP contribution in [0.2, 0.25) is 5.02 Å². The number of rotatable bonds is 4. The molecule has 1 heterocycles. The summed E-state index contributed by atoms with van der Waals surface area (Å²) in [5.74, 6) is -3.39. The van der Waals surface area contributed by atoms with Crippen molar-refractivity contribution >= 4 is 40.2 Å². The fourth-order valence-electron chi connectivity index (χ4n) is 3.98. The highest BCUT2D eigenvalue weighted by Crippen LogP contribution is 2.37.